The minimum atomic E-state index is 0. The number of carbonyl (C=O) groups is 1. The summed E-state index contributed by atoms with van der Waals surface area (Å²) in [4.78, 5) is 13.6. The molecule has 1 aliphatic rings. The van der Waals surface area contributed by atoms with E-state index in [4.69, 9.17) is 5.73 Å². The van der Waals surface area contributed by atoms with Gasteiger partial charge in [0.1, 0.15) is 0 Å². The summed E-state index contributed by atoms with van der Waals surface area (Å²) in [6.45, 7) is 3.30. The SMILES string of the molecule is Cc1ccc2c(c1)CCN2C(=O)CCN.Cl. The number of hydrogen-bond acceptors (Lipinski definition) is 2. The van der Waals surface area contributed by atoms with Crippen LogP contribution in [0, 0.1) is 6.92 Å². The van der Waals surface area contributed by atoms with E-state index in [-0.39, 0.29) is 18.3 Å². The number of nitrogens with two attached hydrogens (primary N) is 1. The van der Waals surface area contributed by atoms with Crippen LogP contribution in [0.3, 0.4) is 0 Å². The predicted octanol–water partition coefficient (Wildman–Crippen LogP) is 1.65. The van der Waals surface area contributed by atoms with Crippen molar-refractivity contribution in [1.82, 2.24) is 0 Å². The summed E-state index contributed by atoms with van der Waals surface area (Å²) in [6, 6.07) is 6.24. The highest BCUT2D eigenvalue weighted by atomic mass is 35.5. The van der Waals surface area contributed by atoms with Gasteiger partial charge in [-0.3, -0.25) is 4.79 Å². The highest BCUT2D eigenvalue weighted by Gasteiger charge is 2.23. The minimum Gasteiger partial charge on any atom is -0.330 e. The Morgan fingerprint density at radius 2 is 2.25 bits per heavy atom. The van der Waals surface area contributed by atoms with E-state index >= 15 is 0 Å². The number of amides is 1. The standard InChI is InChI=1S/C12H16N2O.ClH/c1-9-2-3-11-10(8-9)5-7-14(11)12(15)4-6-13;/h2-3,8H,4-7,13H2,1H3;1H. The molecule has 0 aliphatic carbocycles. The van der Waals surface area contributed by atoms with Gasteiger partial charge in [-0.05, 0) is 25.0 Å². The Labute approximate surface area is 102 Å². The molecular weight excluding hydrogens is 224 g/mol. The molecule has 0 bridgehead atoms. The van der Waals surface area contributed by atoms with Crippen LogP contribution in [0.4, 0.5) is 5.69 Å². The molecule has 0 fully saturated rings. The van der Waals surface area contributed by atoms with E-state index in [1.807, 2.05) is 17.0 Å². The molecule has 0 atom stereocenters. The third kappa shape index (κ3) is 2.36. The topological polar surface area (TPSA) is 46.3 Å². The molecule has 0 saturated heterocycles. The van der Waals surface area contributed by atoms with Gasteiger partial charge in [-0.1, -0.05) is 17.7 Å². The van der Waals surface area contributed by atoms with Gasteiger partial charge >= 0.3 is 0 Å². The monoisotopic (exact) mass is 240 g/mol. The lowest BCUT2D eigenvalue weighted by Gasteiger charge is -2.16. The van der Waals surface area contributed by atoms with Crippen molar-refractivity contribution in [2.75, 3.05) is 18.0 Å². The summed E-state index contributed by atoms with van der Waals surface area (Å²) in [5.74, 6) is 0.139. The Bertz CT molecular complexity index is 393. The summed E-state index contributed by atoms with van der Waals surface area (Å²) in [7, 11) is 0. The molecule has 0 aromatic heterocycles. The minimum absolute atomic E-state index is 0. The molecule has 1 aromatic rings. The van der Waals surface area contributed by atoms with Crippen LogP contribution in [-0.2, 0) is 11.2 Å². The maximum atomic E-state index is 11.7. The quantitative estimate of drug-likeness (QED) is 0.855. The van der Waals surface area contributed by atoms with E-state index in [1.54, 1.807) is 0 Å². The average molecular weight is 241 g/mol. The van der Waals surface area contributed by atoms with Crippen LogP contribution in [-0.4, -0.2) is 19.0 Å². The highest BCUT2D eigenvalue weighted by molar-refractivity contribution is 5.95. The van der Waals surface area contributed by atoms with Crippen LogP contribution in [0.1, 0.15) is 17.5 Å². The van der Waals surface area contributed by atoms with E-state index in [0.717, 1.165) is 18.7 Å². The maximum Gasteiger partial charge on any atom is 0.228 e. The summed E-state index contributed by atoms with van der Waals surface area (Å²) >= 11 is 0. The van der Waals surface area contributed by atoms with Gasteiger partial charge in [0.05, 0.1) is 0 Å². The molecular formula is C12H17ClN2O. The molecule has 16 heavy (non-hydrogen) atoms. The lowest BCUT2D eigenvalue weighted by molar-refractivity contribution is -0.118. The lowest BCUT2D eigenvalue weighted by atomic mass is 10.1. The zero-order valence-corrected chi connectivity index (χ0v) is 10.2. The van der Waals surface area contributed by atoms with Gasteiger partial charge < -0.3 is 10.6 Å². The number of anilines is 1. The molecule has 3 nitrogen and oxygen atoms in total. The first-order valence-electron chi connectivity index (χ1n) is 5.32. The van der Waals surface area contributed by atoms with Crippen molar-refractivity contribution >= 4 is 24.0 Å². The van der Waals surface area contributed by atoms with Crippen LogP contribution < -0.4 is 10.6 Å². The first kappa shape index (κ1) is 13.0. The second-order valence-electron chi connectivity index (χ2n) is 3.97. The first-order chi connectivity index (χ1) is 7.22. The van der Waals surface area contributed by atoms with Crippen molar-refractivity contribution in [1.29, 1.82) is 0 Å². The molecule has 1 aliphatic heterocycles. The Morgan fingerprint density at radius 3 is 2.94 bits per heavy atom. The van der Waals surface area contributed by atoms with Gasteiger partial charge in [-0.25, -0.2) is 0 Å². The van der Waals surface area contributed by atoms with Crippen LogP contribution in [0.15, 0.2) is 18.2 Å². The van der Waals surface area contributed by atoms with Crippen molar-refractivity contribution in [2.45, 2.75) is 19.8 Å². The smallest absolute Gasteiger partial charge is 0.228 e. The van der Waals surface area contributed by atoms with Crippen molar-refractivity contribution in [3.63, 3.8) is 0 Å². The third-order valence-corrected chi connectivity index (χ3v) is 2.79. The summed E-state index contributed by atoms with van der Waals surface area (Å²) < 4.78 is 0. The van der Waals surface area contributed by atoms with Gasteiger partial charge in [0, 0.05) is 25.2 Å². The Kier molecular flexibility index (Phi) is 4.33. The van der Waals surface area contributed by atoms with Crippen molar-refractivity contribution in [3.8, 4) is 0 Å². The number of rotatable bonds is 2. The van der Waals surface area contributed by atoms with E-state index in [1.165, 1.54) is 11.1 Å². The number of benzene rings is 1. The van der Waals surface area contributed by atoms with Gasteiger partial charge in [-0.15, -0.1) is 12.4 Å². The fourth-order valence-electron chi connectivity index (χ4n) is 2.05. The molecule has 0 saturated carbocycles. The fraction of sp³-hybridized carbons (Fsp3) is 0.417. The predicted molar refractivity (Wildman–Crippen MR) is 68.2 cm³/mol. The Balaban J connectivity index is 0.00000128. The number of nitrogens with zero attached hydrogens (tertiary/aromatic N) is 1. The number of carbonyl (C=O) groups excluding carboxylic acids is 1. The molecule has 2 N–H and O–H groups in total. The van der Waals surface area contributed by atoms with Crippen molar-refractivity contribution < 1.29 is 4.79 Å². The van der Waals surface area contributed by atoms with Gasteiger partial charge in [0.2, 0.25) is 5.91 Å². The van der Waals surface area contributed by atoms with Crippen LogP contribution in [0.25, 0.3) is 0 Å². The van der Waals surface area contributed by atoms with E-state index in [2.05, 4.69) is 13.0 Å². The van der Waals surface area contributed by atoms with Gasteiger partial charge in [0.25, 0.3) is 0 Å². The van der Waals surface area contributed by atoms with Gasteiger partial charge in [-0.2, -0.15) is 0 Å². The zero-order valence-electron chi connectivity index (χ0n) is 9.40. The molecule has 1 amide bonds. The zero-order chi connectivity index (χ0) is 10.8. The number of aryl methyl sites for hydroxylation is 1. The highest BCUT2D eigenvalue weighted by Crippen LogP contribution is 2.28. The first-order valence-corrected chi connectivity index (χ1v) is 5.32. The Hall–Kier alpha value is -1.06. The van der Waals surface area contributed by atoms with Crippen LogP contribution in [0.5, 0.6) is 0 Å². The molecule has 0 radical (unpaired) electrons. The third-order valence-electron chi connectivity index (χ3n) is 2.79. The van der Waals surface area contributed by atoms with E-state index in [9.17, 15) is 4.79 Å². The largest absolute Gasteiger partial charge is 0.330 e. The molecule has 2 rings (SSSR count). The van der Waals surface area contributed by atoms with Crippen LogP contribution >= 0.6 is 12.4 Å². The molecule has 4 heteroatoms. The normalized spacial score (nSPS) is 13.2. The molecule has 1 heterocycles. The second kappa shape index (κ2) is 5.32. The summed E-state index contributed by atoms with van der Waals surface area (Å²) in [6.07, 6.45) is 1.40. The van der Waals surface area contributed by atoms with E-state index in [0.29, 0.717) is 13.0 Å². The van der Waals surface area contributed by atoms with Crippen LogP contribution in [0.2, 0.25) is 0 Å². The number of hydrogen-bond donors (Lipinski definition) is 1. The molecule has 0 unspecified atom stereocenters. The van der Waals surface area contributed by atoms with Crippen molar-refractivity contribution in [3.05, 3.63) is 29.3 Å². The fourth-order valence-corrected chi connectivity index (χ4v) is 2.05. The van der Waals surface area contributed by atoms with Crippen molar-refractivity contribution in [2.24, 2.45) is 5.73 Å². The summed E-state index contributed by atoms with van der Waals surface area (Å²) in [5.41, 5.74) is 8.99. The Morgan fingerprint density at radius 1 is 1.50 bits per heavy atom. The molecule has 0 spiro atoms. The average Bonchev–Trinajstić information content (AvgIpc) is 2.60. The lowest BCUT2D eigenvalue weighted by Crippen LogP contribution is -2.30. The van der Waals surface area contributed by atoms with Gasteiger partial charge in [0.15, 0.2) is 0 Å². The molecule has 1 aromatic carbocycles. The number of fused-ring (bicyclic) bond motifs is 1. The molecule has 88 valence electrons. The maximum absolute atomic E-state index is 11.7. The van der Waals surface area contributed by atoms with E-state index < -0.39 is 0 Å². The second-order valence-corrected chi connectivity index (χ2v) is 3.97. The summed E-state index contributed by atoms with van der Waals surface area (Å²) in [5, 5.41) is 0. The number of halogens is 1.